The molecular weight excluding hydrogens is 374 g/mol. The second-order valence-corrected chi connectivity index (χ2v) is 9.92. The number of rotatable bonds is 7. The lowest BCUT2D eigenvalue weighted by molar-refractivity contribution is 0.153. The largest absolute Gasteiger partial charge is 0.203 e. The fourth-order valence-corrected chi connectivity index (χ4v) is 5.64. The maximum Gasteiger partial charge on any atom is 0.174 e. The summed E-state index contributed by atoms with van der Waals surface area (Å²) >= 11 is 0. The number of benzene rings is 1. The van der Waals surface area contributed by atoms with Crippen LogP contribution in [-0.4, -0.2) is 0 Å². The smallest absolute Gasteiger partial charge is 0.174 e. The van der Waals surface area contributed by atoms with E-state index in [1.54, 1.807) is 19.1 Å². The molecule has 2 heteroatoms. The molecule has 0 aromatic heterocycles. The second-order valence-electron chi connectivity index (χ2n) is 9.92. The van der Waals surface area contributed by atoms with Crippen LogP contribution in [0.3, 0.4) is 0 Å². The first-order valence-corrected chi connectivity index (χ1v) is 12.5. The summed E-state index contributed by atoms with van der Waals surface area (Å²) in [5.41, 5.74) is 0.540. The summed E-state index contributed by atoms with van der Waals surface area (Å²) in [4.78, 5) is 0. The van der Waals surface area contributed by atoms with Crippen molar-refractivity contribution in [2.45, 2.75) is 104 Å². The lowest BCUT2D eigenvalue weighted by atomic mass is 9.69. The molecule has 30 heavy (non-hydrogen) atoms. The Morgan fingerprint density at radius 1 is 0.800 bits per heavy atom. The lowest BCUT2D eigenvalue weighted by Crippen LogP contribution is -2.25. The SMILES string of the molecule is CCCCCCCC1CCC(C2CCC(C#Cc3ccc(C)c(F)c3F)CC2)CC1. The predicted octanol–water partition coefficient (Wildman–Crippen LogP) is 8.60. The van der Waals surface area contributed by atoms with Gasteiger partial charge in [0.2, 0.25) is 0 Å². The average molecular weight is 415 g/mol. The summed E-state index contributed by atoms with van der Waals surface area (Å²) < 4.78 is 27.7. The Morgan fingerprint density at radius 2 is 1.43 bits per heavy atom. The zero-order valence-corrected chi connectivity index (χ0v) is 19.1. The van der Waals surface area contributed by atoms with Crippen LogP contribution >= 0.6 is 0 Å². The number of hydrogen-bond acceptors (Lipinski definition) is 0. The van der Waals surface area contributed by atoms with E-state index in [9.17, 15) is 8.78 Å². The van der Waals surface area contributed by atoms with Gasteiger partial charge in [0.05, 0.1) is 5.56 Å². The van der Waals surface area contributed by atoms with Crippen LogP contribution in [-0.2, 0) is 0 Å². The van der Waals surface area contributed by atoms with Gasteiger partial charge in [-0.15, -0.1) is 0 Å². The highest BCUT2D eigenvalue weighted by atomic mass is 19.2. The molecule has 0 bridgehead atoms. The monoisotopic (exact) mass is 414 g/mol. The van der Waals surface area contributed by atoms with Crippen LogP contribution in [0.2, 0.25) is 0 Å². The minimum absolute atomic E-state index is 0.202. The van der Waals surface area contributed by atoms with Crippen molar-refractivity contribution in [2.24, 2.45) is 23.7 Å². The second kappa shape index (κ2) is 11.9. The van der Waals surface area contributed by atoms with Crippen molar-refractivity contribution in [2.75, 3.05) is 0 Å². The van der Waals surface area contributed by atoms with E-state index in [0.717, 1.165) is 30.6 Å². The molecule has 0 spiro atoms. The van der Waals surface area contributed by atoms with Gasteiger partial charge in [-0.25, -0.2) is 8.78 Å². The van der Waals surface area contributed by atoms with E-state index in [-0.39, 0.29) is 5.56 Å². The summed E-state index contributed by atoms with van der Waals surface area (Å²) in [6.07, 6.45) is 19.0. The molecular formula is C28H40F2. The Hall–Kier alpha value is -1.36. The minimum atomic E-state index is -0.793. The molecule has 0 saturated heterocycles. The fraction of sp³-hybridized carbons (Fsp3) is 0.714. The van der Waals surface area contributed by atoms with Gasteiger partial charge in [0.15, 0.2) is 11.6 Å². The van der Waals surface area contributed by atoms with Crippen molar-refractivity contribution in [1.29, 1.82) is 0 Å². The zero-order chi connectivity index (χ0) is 21.3. The van der Waals surface area contributed by atoms with Gasteiger partial charge in [0, 0.05) is 5.92 Å². The van der Waals surface area contributed by atoms with E-state index in [2.05, 4.69) is 18.8 Å². The van der Waals surface area contributed by atoms with Crippen molar-refractivity contribution >= 4 is 0 Å². The van der Waals surface area contributed by atoms with Crippen LogP contribution in [0.25, 0.3) is 0 Å². The molecule has 0 atom stereocenters. The number of unbranched alkanes of at least 4 members (excludes halogenated alkanes) is 4. The summed E-state index contributed by atoms with van der Waals surface area (Å²) in [5.74, 6) is 7.70. The predicted molar refractivity (Wildman–Crippen MR) is 122 cm³/mol. The Bertz CT molecular complexity index is 710. The summed E-state index contributed by atoms with van der Waals surface area (Å²) in [6.45, 7) is 3.87. The summed E-state index contributed by atoms with van der Waals surface area (Å²) in [7, 11) is 0. The molecule has 0 amide bonds. The molecule has 0 heterocycles. The summed E-state index contributed by atoms with van der Waals surface area (Å²) in [5, 5.41) is 0. The van der Waals surface area contributed by atoms with Crippen molar-refractivity contribution in [3.8, 4) is 11.8 Å². The third-order valence-corrected chi connectivity index (χ3v) is 7.73. The molecule has 0 unspecified atom stereocenters. The Morgan fingerprint density at radius 3 is 2.10 bits per heavy atom. The molecule has 1 aromatic carbocycles. The molecule has 2 aliphatic rings. The van der Waals surface area contributed by atoms with Crippen LogP contribution in [0.1, 0.15) is 108 Å². The van der Waals surface area contributed by atoms with Gasteiger partial charge < -0.3 is 0 Å². The maximum absolute atomic E-state index is 14.0. The maximum atomic E-state index is 14.0. The normalized spacial score (nSPS) is 26.8. The van der Waals surface area contributed by atoms with E-state index in [4.69, 9.17) is 0 Å². The Labute approximate surface area is 183 Å². The van der Waals surface area contributed by atoms with Crippen molar-refractivity contribution < 1.29 is 8.78 Å². The molecule has 166 valence electrons. The third kappa shape index (κ3) is 6.57. The first-order valence-electron chi connectivity index (χ1n) is 12.5. The molecule has 1 aromatic rings. The topological polar surface area (TPSA) is 0 Å². The number of halogens is 2. The van der Waals surface area contributed by atoms with Crippen LogP contribution in [0.4, 0.5) is 8.78 Å². The van der Waals surface area contributed by atoms with Crippen LogP contribution in [0.5, 0.6) is 0 Å². The van der Waals surface area contributed by atoms with Gasteiger partial charge in [-0.3, -0.25) is 0 Å². The number of aryl methyl sites for hydroxylation is 1. The standard InChI is InChI=1S/C28H40F2/c1-3-4-5-6-7-8-22-10-16-24(17-11-22)25-18-12-23(13-19-25)14-20-26-15-9-21(2)27(29)28(26)30/h9,15,22-25H,3-8,10-13,16-19H2,1-2H3. The first-order chi connectivity index (χ1) is 14.6. The zero-order valence-electron chi connectivity index (χ0n) is 19.1. The molecule has 2 aliphatic carbocycles. The first kappa shape index (κ1) is 23.3. The molecule has 0 N–H and O–H groups in total. The molecule has 0 nitrogen and oxygen atoms in total. The van der Waals surface area contributed by atoms with E-state index in [0.29, 0.717) is 11.5 Å². The van der Waals surface area contributed by atoms with Crippen molar-refractivity contribution in [3.05, 3.63) is 34.9 Å². The lowest BCUT2D eigenvalue weighted by Gasteiger charge is -2.37. The minimum Gasteiger partial charge on any atom is -0.203 e. The van der Waals surface area contributed by atoms with Gasteiger partial charge in [0.1, 0.15) is 0 Å². The molecule has 2 fully saturated rings. The van der Waals surface area contributed by atoms with Crippen LogP contribution in [0, 0.1) is 54.1 Å². The quantitative estimate of drug-likeness (QED) is 0.309. The third-order valence-electron chi connectivity index (χ3n) is 7.73. The van der Waals surface area contributed by atoms with Gasteiger partial charge >= 0.3 is 0 Å². The van der Waals surface area contributed by atoms with Gasteiger partial charge in [-0.2, -0.15) is 0 Å². The van der Waals surface area contributed by atoms with Crippen LogP contribution in [0.15, 0.2) is 12.1 Å². The van der Waals surface area contributed by atoms with E-state index >= 15 is 0 Å². The highest BCUT2D eigenvalue weighted by Crippen LogP contribution is 2.42. The Balaban J connectivity index is 1.38. The van der Waals surface area contributed by atoms with Crippen molar-refractivity contribution in [3.63, 3.8) is 0 Å². The van der Waals surface area contributed by atoms with E-state index < -0.39 is 11.6 Å². The van der Waals surface area contributed by atoms with E-state index in [1.165, 1.54) is 77.0 Å². The summed E-state index contributed by atoms with van der Waals surface area (Å²) in [6, 6.07) is 3.22. The molecule has 0 aliphatic heterocycles. The molecule has 0 radical (unpaired) electrons. The average Bonchev–Trinajstić information content (AvgIpc) is 2.78. The molecule has 3 rings (SSSR count). The van der Waals surface area contributed by atoms with Gasteiger partial charge in [-0.05, 0) is 74.8 Å². The molecule has 2 saturated carbocycles. The fourth-order valence-electron chi connectivity index (χ4n) is 5.64. The van der Waals surface area contributed by atoms with Crippen molar-refractivity contribution in [1.82, 2.24) is 0 Å². The Kier molecular flexibility index (Phi) is 9.23. The van der Waals surface area contributed by atoms with Crippen LogP contribution < -0.4 is 0 Å². The van der Waals surface area contributed by atoms with Gasteiger partial charge in [0.25, 0.3) is 0 Å². The highest BCUT2D eigenvalue weighted by Gasteiger charge is 2.30. The number of hydrogen-bond donors (Lipinski definition) is 0. The highest BCUT2D eigenvalue weighted by molar-refractivity contribution is 5.38. The van der Waals surface area contributed by atoms with E-state index in [1.807, 2.05) is 0 Å². The van der Waals surface area contributed by atoms with Gasteiger partial charge in [-0.1, -0.05) is 76.2 Å².